The van der Waals surface area contributed by atoms with Crippen molar-refractivity contribution in [1.29, 1.82) is 0 Å². The maximum absolute atomic E-state index is 14.3. The summed E-state index contributed by atoms with van der Waals surface area (Å²) in [4.78, 5) is 27.7. The number of amides is 2. The summed E-state index contributed by atoms with van der Waals surface area (Å²) in [6, 6.07) is 11.3. The minimum atomic E-state index is -0.583. The second-order valence-electron chi connectivity index (χ2n) is 7.65. The van der Waals surface area contributed by atoms with Crippen molar-refractivity contribution in [2.24, 2.45) is 5.92 Å². The van der Waals surface area contributed by atoms with Gasteiger partial charge in [-0.05, 0) is 36.8 Å². The van der Waals surface area contributed by atoms with Crippen molar-refractivity contribution in [3.8, 4) is 11.5 Å². The summed E-state index contributed by atoms with van der Waals surface area (Å²) in [6.45, 7) is 1.43. The van der Waals surface area contributed by atoms with Gasteiger partial charge in [-0.1, -0.05) is 12.1 Å². The summed E-state index contributed by atoms with van der Waals surface area (Å²) in [7, 11) is 4.73. The molecule has 0 spiro atoms. The van der Waals surface area contributed by atoms with Gasteiger partial charge in [-0.25, -0.2) is 4.39 Å². The number of likely N-dealkylation sites (tertiary alicyclic amines) is 1. The molecule has 172 valence electrons. The summed E-state index contributed by atoms with van der Waals surface area (Å²) in [6.07, 6.45) is 0.681. The summed E-state index contributed by atoms with van der Waals surface area (Å²) in [5.74, 6) is -0.815. The first-order valence-electron chi connectivity index (χ1n) is 10.5. The van der Waals surface area contributed by atoms with E-state index in [1.807, 2.05) is 6.07 Å². The Morgan fingerprint density at radius 1 is 1.09 bits per heavy atom. The average Bonchev–Trinajstić information content (AvgIpc) is 3.26. The number of hydrogen-bond donors (Lipinski definition) is 1. The van der Waals surface area contributed by atoms with Gasteiger partial charge in [-0.3, -0.25) is 9.59 Å². The summed E-state index contributed by atoms with van der Waals surface area (Å²) < 4.78 is 30.2. The Balaban J connectivity index is 1.90. The predicted molar refractivity (Wildman–Crippen MR) is 118 cm³/mol. The number of benzene rings is 2. The third-order valence-electron chi connectivity index (χ3n) is 5.71. The van der Waals surface area contributed by atoms with Crippen molar-refractivity contribution in [3.05, 3.63) is 59.4 Å². The Bertz CT molecular complexity index is 952. The highest BCUT2D eigenvalue weighted by Crippen LogP contribution is 2.40. The maximum atomic E-state index is 14.3. The lowest BCUT2D eigenvalue weighted by molar-refractivity contribution is -0.125. The summed E-state index contributed by atoms with van der Waals surface area (Å²) in [5.41, 5.74) is 0.762. The van der Waals surface area contributed by atoms with Gasteiger partial charge < -0.3 is 24.4 Å². The Morgan fingerprint density at radius 2 is 1.88 bits per heavy atom. The molecule has 0 radical (unpaired) electrons. The molecule has 0 bridgehead atoms. The number of nitrogens with one attached hydrogen (secondary N) is 1. The van der Waals surface area contributed by atoms with E-state index in [0.717, 1.165) is 5.56 Å². The first-order chi connectivity index (χ1) is 15.5. The number of ether oxygens (including phenoxy) is 3. The lowest BCUT2D eigenvalue weighted by Crippen LogP contribution is -2.36. The van der Waals surface area contributed by atoms with Crippen LogP contribution in [0.25, 0.3) is 0 Å². The molecule has 1 fully saturated rings. The van der Waals surface area contributed by atoms with Gasteiger partial charge in [0.25, 0.3) is 5.91 Å². The molecule has 7 nitrogen and oxygen atoms in total. The molecular weight excluding hydrogens is 415 g/mol. The third-order valence-corrected chi connectivity index (χ3v) is 5.71. The number of halogens is 1. The molecule has 1 aliphatic rings. The van der Waals surface area contributed by atoms with Crippen LogP contribution in [-0.4, -0.2) is 64.3 Å². The van der Waals surface area contributed by atoms with E-state index < -0.39 is 17.6 Å². The second kappa shape index (κ2) is 10.9. The van der Waals surface area contributed by atoms with Crippen LogP contribution in [0.2, 0.25) is 0 Å². The number of nitrogens with zero attached hydrogens (tertiary/aromatic N) is 1. The van der Waals surface area contributed by atoms with Gasteiger partial charge in [0.1, 0.15) is 17.3 Å². The summed E-state index contributed by atoms with van der Waals surface area (Å²) in [5, 5.41) is 2.93. The van der Waals surface area contributed by atoms with Gasteiger partial charge in [-0.15, -0.1) is 0 Å². The van der Waals surface area contributed by atoms with E-state index in [-0.39, 0.29) is 30.5 Å². The third kappa shape index (κ3) is 5.19. The first-order valence-corrected chi connectivity index (χ1v) is 10.5. The quantitative estimate of drug-likeness (QED) is 0.602. The van der Waals surface area contributed by atoms with Crippen LogP contribution >= 0.6 is 0 Å². The molecule has 1 saturated heterocycles. The molecule has 8 heteroatoms. The van der Waals surface area contributed by atoms with Crippen molar-refractivity contribution < 1.29 is 28.2 Å². The first kappa shape index (κ1) is 23.5. The lowest BCUT2D eigenvalue weighted by Gasteiger charge is -2.21. The molecule has 2 atom stereocenters. The Kier molecular flexibility index (Phi) is 8.05. The maximum Gasteiger partial charge on any atom is 0.256 e. The van der Waals surface area contributed by atoms with Crippen molar-refractivity contribution in [3.63, 3.8) is 0 Å². The van der Waals surface area contributed by atoms with E-state index in [9.17, 15) is 14.0 Å². The highest BCUT2D eigenvalue weighted by atomic mass is 19.1. The Labute approximate surface area is 187 Å². The molecule has 2 amide bonds. The fourth-order valence-corrected chi connectivity index (χ4v) is 4.04. The van der Waals surface area contributed by atoms with Crippen LogP contribution in [-0.2, 0) is 9.53 Å². The van der Waals surface area contributed by atoms with E-state index >= 15 is 0 Å². The second-order valence-corrected chi connectivity index (χ2v) is 7.65. The molecule has 1 heterocycles. The fourth-order valence-electron chi connectivity index (χ4n) is 4.04. The van der Waals surface area contributed by atoms with Crippen LogP contribution in [0.1, 0.15) is 28.3 Å². The molecule has 2 aromatic carbocycles. The average molecular weight is 445 g/mol. The molecule has 0 aliphatic carbocycles. The van der Waals surface area contributed by atoms with Crippen molar-refractivity contribution in [2.45, 2.75) is 12.3 Å². The number of carbonyl (C=O) groups excluding carboxylic acids is 2. The minimum absolute atomic E-state index is 0.00925. The van der Waals surface area contributed by atoms with E-state index in [1.165, 1.54) is 23.1 Å². The largest absolute Gasteiger partial charge is 0.497 e. The van der Waals surface area contributed by atoms with E-state index in [0.29, 0.717) is 31.1 Å². The highest BCUT2D eigenvalue weighted by Gasteiger charge is 2.42. The van der Waals surface area contributed by atoms with Gasteiger partial charge in [0.05, 0.1) is 25.7 Å². The molecular formula is C24H29FN2O5. The van der Waals surface area contributed by atoms with Crippen LogP contribution in [0.3, 0.4) is 0 Å². The van der Waals surface area contributed by atoms with Gasteiger partial charge in [0.15, 0.2) is 0 Å². The highest BCUT2D eigenvalue weighted by molar-refractivity contribution is 5.95. The van der Waals surface area contributed by atoms with Crippen LogP contribution in [0.15, 0.2) is 42.5 Å². The molecule has 1 aliphatic heterocycles. The predicted octanol–water partition coefficient (Wildman–Crippen LogP) is 2.85. The standard InChI is InChI=1S/C24H29FN2O5/c1-30-12-6-11-26-23(28)20-15-27(24(29)17-7-4-5-8-21(17)25)14-19(20)18-13-16(31-2)9-10-22(18)32-3/h4-5,7-10,13,19-20H,6,11-12,14-15H2,1-3H3,(H,26,28)/t19-,20-/m0/s1. The van der Waals surface area contributed by atoms with Crippen molar-refractivity contribution >= 4 is 11.8 Å². The van der Waals surface area contributed by atoms with Gasteiger partial charge in [0, 0.05) is 44.8 Å². The molecule has 0 saturated carbocycles. The van der Waals surface area contributed by atoms with E-state index in [2.05, 4.69) is 5.32 Å². The summed E-state index contributed by atoms with van der Waals surface area (Å²) >= 11 is 0. The van der Waals surface area contributed by atoms with E-state index in [1.54, 1.807) is 39.5 Å². The van der Waals surface area contributed by atoms with Crippen LogP contribution < -0.4 is 14.8 Å². The molecule has 2 aromatic rings. The zero-order chi connectivity index (χ0) is 23.1. The zero-order valence-corrected chi connectivity index (χ0v) is 18.6. The lowest BCUT2D eigenvalue weighted by atomic mass is 9.87. The number of hydrogen-bond acceptors (Lipinski definition) is 5. The van der Waals surface area contributed by atoms with Crippen molar-refractivity contribution in [2.75, 3.05) is 47.6 Å². The van der Waals surface area contributed by atoms with Gasteiger partial charge >= 0.3 is 0 Å². The number of methoxy groups -OCH3 is 3. The monoisotopic (exact) mass is 444 g/mol. The van der Waals surface area contributed by atoms with Gasteiger partial charge in [-0.2, -0.15) is 0 Å². The molecule has 1 N–H and O–H groups in total. The van der Waals surface area contributed by atoms with Crippen molar-refractivity contribution in [1.82, 2.24) is 10.2 Å². The van der Waals surface area contributed by atoms with Gasteiger partial charge in [0.2, 0.25) is 5.91 Å². The number of rotatable bonds is 9. The smallest absolute Gasteiger partial charge is 0.256 e. The van der Waals surface area contributed by atoms with E-state index in [4.69, 9.17) is 14.2 Å². The Morgan fingerprint density at radius 3 is 2.56 bits per heavy atom. The Hall–Kier alpha value is -3.13. The SMILES string of the molecule is COCCCNC(=O)[C@H]1CN(C(=O)c2ccccc2F)C[C@H]1c1cc(OC)ccc1OC. The molecule has 32 heavy (non-hydrogen) atoms. The topological polar surface area (TPSA) is 77.1 Å². The zero-order valence-electron chi connectivity index (χ0n) is 18.6. The minimum Gasteiger partial charge on any atom is -0.497 e. The molecule has 0 unspecified atom stereocenters. The van der Waals surface area contributed by atoms with Crippen LogP contribution in [0, 0.1) is 11.7 Å². The fraction of sp³-hybridized carbons (Fsp3) is 0.417. The van der Waals surface area contributed by atoms with Crippen LogP contribution in [0.5, 0.6) is 11.5 Å². The number of carbonyl (C=O) groups is 2. The normalized spacial score (nSPS) is 17.8. The van der Waals surface area contributed by atoms with Crippen LogP contribution in [0.4, 0.5) is 4.39 Å². The molecule has 0 aromatic heterocycles. The molecule has 3 rings (SSSR count).